The first-order valence-electron chi connectivity index (χ1n) is 6.45. The molecule has 1 aliphatic carbocycles. The van der Waals surface area contributed by atoms with Crippen LogP contribution < -0.4 is 11.1 Å². The normalized spacial score (nSPS) is 22.2. The summed E-state index contributed by atoms with van der Waals surface area (Å²) in [6.45, 7) is 0. The smallest absolute Gasteiger partial charge is 0.384 e. The van der Waals surface area contributed by atoms with Crippen molar-refractivity contribution in [3.63, 3.8) is 0 Å². The molecule has 4 nitrogen and oxygen atoms in total. The Balaban J connectivity index is 0.00000220. The molecule has 3 N–H and O–H groups in total. The number of hydrogen-bond acceptors (Lipinski definition) is 3. The van der Waals surface area contributed by atoms with Gasteiger partial charge in [-0.15, -0.1) is 12.4 Å². The highest BCUT2D eigenvalue weighted by molar-refractivity contribution is 5.92. The largest absolute Gasteiger partial charge is 0.391 e. The van der Waals surface area contributed by atoms with Gasteiger partial charge >= 0.3 is 6.18 Å². The summed E-state index contributed by atoms with van der Waals surface area (Å²) in [6.07, 6.45) is -1.96. The number of anilines is 2. The Labute approximate surface area is 126 Å². The Bertz CT molecular complexity index is 479. The Morgan fingerprint density at radius 1 is 1.33 bits per heavy atom. The molecular weight excluding hydrogens is 307 g/mol. The van der Waals surface area contributed by atoms with E-state index in [-0.39, 0.29) is 31.2 Å². The zero-order valence-corrected chi connectivity index (χ0v) is 12.0. The number of amides is 1. The molecule has 2 rings (SSSR count). The minimum absolute atomic E-state index is 0. The molecule has 1 aromatic heterocycles. The number of pyridine rings is 1. The fourth-order valence-electron chi connectivity index (χ4n) is 2.45. The summed E-state index contributed by atoms with van der Waals surface area (Å²) in [5.41, 5.74) is 5.86. The van der Waals surface area contributed by atoms with Gasteiger partial charge in [0.1, 0.15) is 5.82 Å². The van der Waals surface area contributed by atoms with E-state index in [4.69, 9.17) is 5.73 Å². The Kier molecular flexibility index (Phi) is 5.83. The van der Waals surface area contributed by atoms with E-state index in [0.29, 0.717) is 24.3 Å². The molecule has 1 aromatic rings. The molecule has 1 amide bonds. The van der Waals surface area contributed by atoms with Crippen molar-refractivity contribution >= 4 is 29.8 Å². The lowest BCUT2D eigenvalue weighted by Gasteiger charge is -2.29. The van der Waals surface area contributed by atoms with E-state index in [0.717, 1.165) is 0 Å². The molecule has 0 aromatic carbocycles. The van der Waals surface area contributed by atoms with Crippen LogP contribution in [0.5, 0.6) is 0 Å². The quantitative estimate of drug-likeness (QED) is 0.876. The first kappa shape index (κ1) is 17.6. The summed E-state index contributed by atoms with van der Waals surface area (Å²) in [5, 5.41) is 2.59. The van der Waals surface area contributed by atoms with Crippen LogP contribution in [0.25, 0.3) is 0 Å². The lowest BCUT2D eigenvalue weighted by atomic mass is 9.80. The van der Waals surface area contributed by atoms with E-state index < -0.39 is 18.0 Å². The lowest BCUT2D eigenvalue weighted by Crippen LogP contribution is -2.34. The predicted octanol–water partition coefficient (Wildman–Crippen LogP) is 3.39. The fraction of sp³-hybridized carbons (Fsp3) is 0.538. The van der Waals surface area contributed by atoms with E-state index >= 15 is 0 Å². The zero-order chi connectivity index (χ0) is 14.8. The van der Waals surface area contributed by atoms with Gasteiger partial charge in [0.05, 0.1) is 17.8 Å². The van der Waals surface area contributed by atoms with Gasteiger partial charge < -0.3 is 11.1 Å². The van der Waals surface area contributed by atoms with Crippen molar-refractivity contribution in [2.75, 3.05) is 11.1 Å². The van der Waals surface area contributed by atoms with E-state index in [9.17, 15) is 18.0 Å². The van der Waals surface area contributed by atoms with Crippen LogP contribution in [0, 0.1) is 11.8 Å². The third-order valence-corrected chi connectivity index (χ3v) is 3.56. The summed E-state index contributed by atoms with van der Waals surface area (Å²) in [4.78, 5) is 15.8. The first-order valence-corrected chi connectivity index (χ1v) is 6.45. The summed E-state index contributed by atoms with van der Waals surface area (Å²) in [5.74, 6) is -2.05. The van der Waals surface area contributed by atoms with Crippen molar-refractivity contribution in [2.45, 2.75) is 31.9 Å². The van der Waals surface area contributed by atoms with E-state index in [1.165, 1.54) is 12.3 Å². The minimum atomic E-state index is -4.22. The molecule has 21 heavy (non-hydrogen) atoms. The van der Waals surface area contributed by atoms with Crippen LogP contribution >= 0.6 is 12.4 Å². The topological polar surface area (TPSA) is 68.0 Å². The molecule has 0 radical (unpaired) electrons. The zero-order valence-electron chi connectivity index (χ0n) is 11.2. The van der Waals surface area contributed by atoms with Crippen LogP contribution in [0.2, 0.25) is 0 Å². The number of hydrogen-bond donors (Lipinski definition) is 2. The second-order valence-corrected chi connectivity index (χ2v) is 5.06. The number of carbonyl (C=O) groups excluding carboxylic acids is 1. The number of nitrogens with one attached hydrogen (secondary N) is 1. The second-order valence-electron chi connectivity index (χ2n) is 5.06. The summed E-state index contributed by atoms with van der Waals surface area (Å²) >= 11 is 0. The van der Waals surface area contributed by atoms with Gasteiger partial charge in [-0.25, -0.2) is 4.98 Å². The van der Waals surface area contributed by atoms with Crippen molar-refractivity contribution < 1.29 is 18.0 Å². The number of alkyl halides is 3. The maximum Gasteiger partial charge on any atom is 0.391 e. The number of carbonyl (C=O) groups is 1. The number of aromatic nitrogens is 1. The first-order chi connectivity index (χ1) is 9.36. The van der Waals surface area contributed by atoms with Crippen molar-refractivity contribution in [1.82, 2.24) is 4.98 Å². The van der Waals surface area contributed by atoms with Gasteiger partial charge in [0.25, 0.3) is 0 Å². The molecule has 2 unspecified atom stereocenters. The summed E-state index contributed by atoms with van der Waals surface area (Å²) in [6, 6.07) is 3.10. The van der Waals surface area contributed by atoms with Crippen LogP contribution in [-0.2, 0) is 4.79 Å². The third-order valence-electron chi connectivity index (χ3n) is 3.56. The summed E-state index contributed by atoms with van der Waals surface area (Å²) in [7, 11) is 0. The standard InChI is InChI=1S/C13H16F3N3O.ClH/c14-13(15,16)9-3-1-2-8(6-9)12(20)19-10-4-5-11(17)18-7-10;/h4-5,7-9H,1-3,6H2,(H2,17,18)(H,19,20);1H. The second kappa shape index (κ2) is 6.98. The molecule has 0 spiro atoms. The molecule has 1 heterocycles. The number of rotatable bonds is 2. The van der Waals surface area contributed by atoms with Crippen molar-refractivity contribution in [1.29, 1.82) is 0 Å². The molecule has 118 valence electrons. The van der Waals surface area contributed by atoms with Gasteiger partial charge in [0, 0.05) is 5.92 Å². The highest BCUT2D eigenvalue weighted by Crippen LogP contribution is 2.40. The molecule has 0 bridgehead atoms. The van der Waals surface area contributed by atoms with Gasteiger partial charge in [0.15, 0.2) is 0 Å². The maximum absolute atomic E-state index is 12.7. The van der Waals surface area contributed by atoms with Crippen LogP contribution in [0.4, 0.5) is 24.7 Å². The molecule has 2 atom stereocenters. The highest BCUT2D eigenvalue weighted by atomic mass is 35.5. The molecule has 1 fully saturated rings. The Hall–Kier alpha value is -1.50. The number of halogens is 4. The van der Waals surface area contributed by atoms with Gasteiger partial charge in [0.2, 0.25) is 5.91 Å². The average molecular weight is 324 g/mol. The van der Waals surface area contributed by atoms with Gasteiger partial charge in [-0.05, 0) is 31.4 Å². The SMILES string of the molecule is Cl.Nc1ccc(NC(=O)C2CCCC(C(F)(F)F)C2)cn1. The van der Waals surface area contributed by atoms with E-state index in [1.807, 2.05) is 0 Å². The molecular formula is C13H17ClF3N3O. The van der Waals surface area contributed by atoms with E-state index in [2.05, 4.69) is 10.3 Å². The lowest BCUT2D eigenvalue weighted by molar-refractivity contribution is -0.185. The monoisotopic (exact) mass is 323 g/mol. The highest BCUT2D eigenvalue weighted by Gasteiger charge is 2.43. The van der Waals surface area contributed by atoms with Crippen LogP contribution in [0.15, 0.2) is 18.3 Å². The maximum atomic E-state index is 12.7. The van der Waals surface area contributed by atoms with Crippen molar-refractivity contribution in [2.24, 2.45) is 11.8 Å². The molecule has 0 saturated heterocycles. The Morgan fingerprint density at radius 3 is 2.62 bits per heavy atom. The van der Waals surface area contributed by atoms with Gasteiger partial charge in [-0.2, -0.15) is 13.2 Å². The van der Waals surface area contributed by atoms with Crippen LogP contribution in [-0.4, -0.2) is 17.1 Å². The van der Waals surface area contributed by atoms with Crippen LogP contribution in [0.3, 0.4) is 0 Å². The Morgan fingerprint density at radius 2 is 2.05 bits per heavy atom. The molecule has 0 aliphatic heterocycles. The van der Waals surface area contributed by atoms with Crippen LogP contribution in [0.1, 0.15) is 25.7 Å². The number of nitrogens with zero attached hydrogens (tertiary/aromatic N) is 1. The van der Waals surface area contributed by atoms with E-state index in [1.54, 1.807) is 6.07 Å². The predicted molar refractivity (Wildman–Crippen MR) is 76.0 cm³/mol. The number of nitrogen functional groups attached to an aromatic ring is 1. The van der Waals surface area contributed by atoms with Crippen molar-refractivity contribution in [3.05, 3.63) is 18.3 Å². The van der Waals surface area contributed by atoms with Gasteiger partial charge in [-0.3, -0.25) is 4.79 Å². The summed E-state index contributed by atoms with van der Waals surface area (Å²) < 4.78 is 38.1. The van der Waals surface area contributed by atoms with Crippen molar-refractivity contribution in [3.8, 4) is 0 Å². The molecule has 8 heteroatoms. The minimum Gasteiger partial charge on any atom is -0.384 e. The average Bonchev–Trinajstić information content (AvgIpc) is 2.40. The molecule has 1 saturated carbocycles. The molecule has 1 aliphatic rings. The fourth-order valence-corrected chi connectivity index (χ4v) is 2.45. The van der Waals surface area contributed by atoms with Gasteiger partial charge in [-0.1, -0.05) is 6.42 Å². The number of nitrogens with two attached hydrogens (primary N) is 1. The third kappa shape index (κ3) is 4.77.